The molecule has 0 aromatic rings. The first kappa shape index (κ1) is 16.4. The lowest BCUT2D eigenvalue weighted by molar-refractivity contribution is -0.122. The molecule has 1 aliphatic heterocycles. The number of likely N-dealkylation sites (tertiary alicyclic amines) is 1. The Morgan fingerprint density at radius 2 is 2.00 bits per heavy atom. The molecule has 0 aliphatic carbocycles. The topological polar surface area (TPSA) is 58.4 Å². The van der Waals surface area contributed by atoms with Crippen LogP contribution in [0.2, 0.25) is 0 Å². The van der Waals surface area contributed by atoms with Crippen LogP contribution in [0, 0.1) is 5.41 Å². The van der Waals surface area contributed by atoms with Gasteiger partial charge in [0.15, 0.2) is 0 Å². The second-order valence-electron chi connectivity index (χ2n) is 6.14. The largest absolute Gasteiger partial charge is 0.356 e. The molecule has 0 aromatic heterocycles. The van der Waals surface area contributed by atoms with Crippen molar-refractivity contribution in [2.24, 2.45) is 11.1 Å². The Kier molecular flexibility index (Phi) is 6.80. The summed E-state index contributed by atoms with van der Waals surface area (Å²) in [7, 11) is 0. The predicted octanol–water partition coefficient (Wildman–Crippen LogP) is 1.74. The maximum Gasteiger partial charge on any atom is 0.221 e. The molecule has 4 nitrogen and oxygen atoms in total. The van der Waals surface area contributed by atoms with Gasteiger partial charge in [0, 0.05) is 25.6 Å². The van der Waals surface area contributed by atoms with Crippen molar-refractivity contribution in [3.63, 3.8) is 0 Å². The molecule has 0 aromatic carbocycles. The summed E-state index contributed by atoms with van der Waals surface area (Å²) in [4.78, 5) is 14.2. The van der Waals surface area contributed by atoms with E-state index in [0.717, 1.165) is 26.1 Å². The fourth-order valence-electron chi connectivity index (χ4n) is 2.69. The van der Waals surface area contributed by atoms with Gasteiger partial charge in [-0.15, -0.1) is 0 Å². The highest BCUT2D eigenvalue weighted by atomic mass is 16.1. The Balaban J connectivity index is 2.42. The maximum atomic E-state index is 11.8. The zero-order valence-electron chi connectivity index (χ0n) is 12.9. The Morgan fingerprint density at radius 3 is 2.47 bits per heavy atom. The highest BCUT2D eigenvalue weighted by molar-refractivity contribution is 5.76. The molecule has 1 atom stereocenters. The van der Waals surface area contributed by atoms with Gasteiger partial charge in [0.1, 0.15) is 0 Å². The number of hydrogen-bond acceptors (Lipinski definition) is 3. The van der Waals surface area contributed by atoms with Gasteiger partial charge < -0.3 is 11.1 Å². The normalized spacial score (nSPS) is 21.1. The summed E-state index contributed by atoms with van der Waals surface area (Å²) in [5.41, 5.74) is 6.35. The van der Waals surface area contributed by atoms with E-state index in [9.17, 15) is 4.79 Å². The minimum absolute atomic E-state index is 0.140. The minimum atomic E-state index is 0.140. The highest BCUT2D eigenvalue weighted by Gasteiger charge is 2.31. The van der Waals surface area contributed by atoms with Crippen LogP contribution in [0.4, 0.5) is 0 Å². The number of rotatable bonds is 7. The van der Waals surface area contributed by atoms with Crippen molar-refractivity contribution in [2.45, 2.75) is 58.9 Å². The smallest absolute Gasteiger partial charge is 0.221 e. The standard InChI is InChI=1S/C15H31N3O/c1-4-8-17-14(19)11-13(12-16)18-9-6-15(3,5-2)7-10-18/h13H,4-12,16H2,1-3H3,(H,17,19). The molecule has 1 amide bonds. The van der Waals surface area contributed by atoms with Gasteiger partial charge in [0.2, 0.25) is 5.91 Å². The number of carbonyl (C=O) groups is 1. The van der Waals surface area contributed by atoms with Crippen LogP contribution in [0.25, 0.3) is 0 Å². The van der Waals surface area contributed by atoms with Crippen molar-refractivity contribution in [3.05, 3.63) is 0 Å². The van der Waals surface area contributed by atoms with Crippen LogP contribution < -0.4 is 11.1 Å². The van der Waals surface area contributed by atoms with Crippen molar-refractivity contribution >= 4 is 5.91 Å². The lowest BCUT2D eigenvalue weighted by atomic mass is 9.78. The Morgan fingerprint density at radius 1 is 1.37 bits per heavy atom. The molecule has 0 bridgehead atoms. The SMILES string of the molecule is CCCNC(=O)CC(CN)N1CCC(C)(CC)CC1. The second kappa shape index (κ2) is 7.85. The zero-order chi connectivity index (χ0) is 14.3. The first-order valence-corrected chi connectivity index (χ1v) is 7.75. The average Bonchev–Trinajstić information content (AvgIpc) is 2.43. The molecule has 1 heterocycles. The molecule has 1 rings (SSSR count). The van der Waals surface area contributed by atoms with Gasteiger partial charge in [0.25, 0.3) is 0 Å². The van der Waals surface area contributed by atoms with Crippen LogP contribution in [-0.2, 0) is 4.79 Å². The van der Waals surface area contributed by atoms with Gasteiger partial charge in [-0.3, -0.25) is 9.69 Å². The highest BCUT2D eigenvalue weighted by Crippen LogP contribution is 2.34. The molecular formula is C15H31N3O. The number of piperidine rings is 1. The minimum Gasteiger partial charge on any atom is -0.356 e. The number of nitrogens with zero attached hydrogens (tertiary/aromatic N) is 1. The second-order valence-corrected chi connectivity index (χ2v) is 6.14. The van der Waals surface area contributed by atoms with Crippen molar-refractivity contribution in [2.75, 3.05) is 26.2 Å². The third-order valence-corrected chi connectivity index (χ3v) is 4.64. The van der Waals surface area contributed by atoms with E-state index in [1.165, 1.54) is 19.3 Å². The van der Waals surface area contributed by atoms with Crippen molar-refractivity contribution in [1.29, 1.82) is 0 Å². The van der Waals surface area contributed by atoms with Crippen LogP contribution in [0.1, 0.15) is 52.9 Å². The molecule has 0 saturated carbocycles. The Hall–Kier alpha value is -0.610. The summed E-state index contributed by atoms with van der Waals surface area (Å²) in [5.74, 6) is 0.140. The number of nitrogens with one attached hydrogen (secondary N) is 1. The first-order valence-electron chi connectivity index (χ1n) is 7.75. The van der Waals surface area contributed by atoms with Crippen molar-refractivity contribution in [1.82, 2.24) is 10.2 Å². The summed E-state index contributed by atoms with van der Waals surface area (Å²) in [6, 6.07) is 0.207. The van der Waals surface area contributed by atoms with E-state index >= 15 is 0 Å². The van der Waals surface area contributed by atoms with Crippen LogP contribution in [-0.4, -0.2) is 43.0 Å². The zero-order valence-corrected chi connectivity index (χ0v) is 12.9. The molecule has 0 radical (unpaired) electrons. The van der Waals surface area contributed by atoms with Gasteiger partial charge in [-0.2, -0.15) is 0 Å². The predicted molar refractivity (Wildman–Crippen MR) is 80.0 cm³/mol. The lowest BCUT2D eigenvalue weighted by Gasteiger charge is -2.42. The van der Waals surface area contributed by atoms with E-state index in [-0.39, 0.29) is 11.9 Å². The molecular weight excluding hydrogens is 238 g/mol. The Labute approximate surface area is 118 Å². The van der Waals surface area contributed by atoms with Crippen LogP contribution in [0.5, 0.6) is 0 Å². The number of amides is 1. The van der Waals surface area contributed by atoms with E-state index < -0.39 is 0 Å². The van der Waals surface area contributed by atoms with E-state index in [0.29, 0.717) is 18.4 Å². The summed E-state index contributed by atoms with van der Waals surface area (Å²) < 4.78 is 0. The molecule has 4 heteroatoms. The van der Waals surface area contributed by atoms with Crippen LogP contribution >= 0.6 is 0 Å². The number of hydrogen-bond donors (Lipinski definition) is 2. The fourth-order valence-corrected chi connectivity index (χ4v) is 2.69. The average molecular weight is 269 g/mol. The van der Waals surface area contributed by atoms with Crippen molar-refractivity contribution in [3.8, 4) is 0 Å². The maximum absolute atomic E-state index is 11.8. The Bertz CT molecular complexity index is 273. The molecule has 1 aliphatic rings. The number of carbonyl (C=O) groups excluding carboxylic acids is 1. The van der Waals surface area contributed by atoms with E-state index in [1.54, 1.807) is 0 Å². The third kappa shape index (κ3) is 5.11. The van der Waals surface area contributed by atoms with E-state index in [4.69, 9.17) is 5.73 Å². The summed E-state index contributed by atoms with van der Waals surface area (Å²) in [6.07, 6.45) is 5.20. The first-order chi connectivity index (χ1) is 9.04. The van der Waals surface area contributed by atoms with Gasteiger partial charge >= 0.3 is 0 Å². The molecule has 1 saturated heterocycles. The van der Waals surface area contributed by atoms with Gasteiger partial charge in [0.05, 0.1) is 0 Å². The monoisotopic (exact) mass is 269 g/mol. The van der Waals surface area contributed by atoms with Gasteiger partial charge in [-0.25, -0.2) is 0 Å². The summed E-state index contributed by atoms with van der Waals surface area (Å²) >= 11 is 0. The third-order valence-electron chi connectivity index (χ3n) is 4.64. The van der Waals surface area contributed by atoms with Gasteiger partial charge in [-0.05, 0) is 37.8 Å². The summed E-state index contributed by atoms with van der Waals surface area (Å²) in [5, 5.41) is 2.94. The number of nitrogens with two attached hydrogens (primary N) is 1. The van der Waals surface area contributed by atoms with Gasteiger partial charge in [-0.1, -0.05) is 27.2 Å². The van der Waals surface area contributed by atoms with Crippen molar-refractivity contribution < 1.29 is 4.79 Å². The van der Waals surface area contributed by atoms with Crippen LogP contribution in [0.3, 0.4) is 0 Å². The molecule has 1 fully saturated rings. The van der Waals surface area contributed by atoms with Crippen LogP contribution in [0.15, 0.2) is 0 Å². The summed E-state index contributed by atoms with van der Waals surface area (Å²) in [6.45, 7) is 10.2. The van der Waals surface area contributed by atoms with E-state index in [1.807, 2.05) is 0 Å². The molecule has 0 spiro atoms. The molecule has 112 valence electrons. The molecule has 3 N–H and O–H groups in total. The molecule has 1 unspecified atom stereocenters. The fraction of sp³-hybridized carbons (Fsp3) is 0.933. The molecule has 19 heavy (non-hydrogen) atoms. The quantitative estimate of drug-likeness (QED) is 0.740. The lowest BCUT2D eigenvalue weighted by Crippen LogP contribution is -2.49. The van der Waals surface area contributed by atoms with E-state index in [2.05, 4.69) is 31.0 Å².